The van der Waals surface area contributed by atoms with E-state index in [0.29, 0.717) is 5.88 Å². The number of methoxy groups -OCH3 is 1. The van der Waals surface area contributed by atoms with Gasteiger partial charge in [0.15, 0.2) is 0 Å². The summed E-state index contributed by atoms with van der Waals surface area (Å²) in [7, 11) is 1.28. The third kappa shape index (κ3) is 3.16. The van der Waals surface area contributed by atoms with Crippen molar-refractivity contribution in [3.8, 4) is 0 Å². The molecular weight excluding hydrogens is 230 g/mol. The molecule has 1 aliphatic rings. The number of hydrogen-bond acceptors (Lipinski definition) is 5. The fraction of sp³-hybridized carbons (Fsp3) is 0.600. The topological polar surface area (TPSA) is 55.8 Å². The van der Waals surface area contributed by atoms with Crippen molar-refractivity contribution in [2.24, 2.45) is 0 Å². The molecule has 1 heterocycles. The van der Waals surface area contributed by atoms with Crippen LogP contribution in [0.3, 0.4) is 0 Å². The van der Waals surface area contributed by atoms with Crippen LogP contribution in [-0.4, -0.2) is 35.6 Å². The van der Waals surface area contributed by atoms with E-state index in [2.05, 4.69) is 4.74 Å². The fourth-order valence-electron chi connectivity index (χ4n) is 1.05. The van der Waals surface area contributed by atoms with Gasteiger partial charge in [0.2, 0.25) is 0 Å². The maximum Gasteiger partial charge on any atom is 0.415 e. The van der Waals surface area contributed by atoms with Crippen LogP contribution in [-0.2, 0) is 14.3 Å². The molecule has 6 heteroatoms. The van der Waals surface area contributed by atoms with Gasteiger partial charge in [-0.3, -0.25) is 4.90 Å². The molecular formula is C10H15NO4S. The Kier molecular flexibility index (Phi) is 3.85. The number of hydrogen-bond donors (Lipinski definition) is 0. The van der Waals surface area contributed by atoms with Crippen LogP contribution in [0.1, 0.15) is 20.8 Å². The number of thioether (sulfide) groups is 1. The zero-order chi connectivity index (χ0) is 12.3. The summed E-state index contributed by atoms with van der Waals surface area (Å²) in [4.78, 5) is 24.3. The second-order valence-corrected chi connectivity index (χ2v) is 5.03. The Hall–Kier alpha value is -1.17. The Balaban J connectivity index is 2.71. The first kappa shape index (κ1) is 12.9. The summed E-state index contributed by atoms with van der Waals surface area (Å²) >= 11 is 1.35. The molecule has 0 aromatic carbocycles. The minimum atomic E-state index is -0.578. The molecule has 90 valence electrons. The Morgan fingerprint density at radius 1 is 1.44 bits per heavy atom. The summed E-state index contributed by atoms with van der Waals surface area (Å²) < 4.78 is 9.75. The highest BCUT2D eigenvalue weighted by Gasteiger charge is 2.31. The van der Waals surface area contributed by atoms with E-state index >= 15 is 0 Å². The van der Waals surface area contributed by atoms with Crippen LogP contribution < -0.4 is 0 Å². The first-order chi connectivity index (χ1) is 7.35. The van der Waals surface area contributed by atoms with Gasteiger partial charge in [0, 0.05) is 5.41 Å². The number of carbonyl (C=O) groups is 2. The minimum Gasteiger partial charge on any atom is -0.464 e. The van der Waals surface area contributed by atoms with Crippen LogP contribution in [0.5, 0.6) is 0 Å². The van der Waals surface area contributed by atoms with Crippen molar-refractivity contribution < 1.29 is 19.1 Å². The summed E-state index contributed by atoms with van der Waals surface area (Å²) in [5.74, 6) is -0.157. The van der Waals surface area contributed by atoms with Gasteiger partial charge in [0.05, 0.1) is 13.0 Å². The second kappa shape index (κ2) is 4.78. The molecule has 0 atom stereocenters. The number of esters is 1. The highest BCUT2D eigenvalue weighted by molar-refractivity contribution is 8.02. The van der Waals surface area contributed by atoms with Crippen molar-refractivity contribution in [3.63, 3.8) is 0 Å². The molecule has 0 aliphatic carbocycles. The van der Waals surface area contributed by atoms with E-state index in [1.54, 1.807) is 26.2 Å². The van der Waals surface area contributed by atoms with E-state index < -0.39 is 17.7 Å². The van der Waals surface area contributed by atoms with Gasteiger partial charge in [-0.2, -0.15) is 0 Å². The molecule has 1 aliphatic heterocycles. The zero-order valence-electron chi connectivity index (χ0n) is 9.77. The van der Waals surface area contributed by atoms with Gasteiger partial charge in [-0.25, -0.2) is 9.59 Å². The molecule has 0 aromatic heterocycles. The molecule has 0 radical (unpaired) electrons. The van der Waals surface area contributed by atoms with Crippen molar-refractivity contribution >= 4 is 23.8 Å². The third-order valence-electron chi connectivity index (χ3n) is 1.70. The lowest BCUT2D eigenvalue weighted by atomic mass is 10.2. The van der Waals surface area contributed by atoms with Gasteiger partial charge < -0.3 is 9.47 Å². The van der Waals surface area contributed by atoms with E-state index in [4.69, 9.17) is 4.74 Å². The molecule has 0 N–H and O–H groups in total. The number of nitrogens with zero attached hydrogens (tertiary/aromatic N) is 1. The van der Waals surface area contributed by atoms with Gasteiger partial charge in [0.25, 0.3) is 0 Å². The lowest BCUT2D eigenvalue weighted by molar-refractivity contribution is -0.137. The Morgan fingerprint density at radius 2 is 2.06 bits per heavy atom. The predicted octanol–water partition coefficient (Wildman–Crippen LogP) is 1.94. The van der Waals surface area contributed by atoms with Gasteiger partial charge in [-0.15, -0.1) is 11.8 Å². The molecule has 5 nitrogen and oxygen atoms in total. The Bertz CT molecular complexity index is 332. The molecule has 0 fully saturated rings. The van der Waals surface area contributed by atoms with Crippen molar-refractivity contribution in [2.45, 2.75) is 26.4 Å². The van der Waals surface area contributed by atoms with E-state index in [-0.39, 0.29) is 5.70 Å². The maximum absolute atomic E-state index is 11.7. The van der Waals surface area contributed by atoms with E-state index in [0.717, 1.165) is 0 Å². The normalized spacial score (nSPS) is 15.8. The lowest BCUT2D eigenvalue weighted by Crippen LogP contribution is -2.36. The summed E-state index contributed by atoms with van der Waals surface area (Å²) in [5.41, 5.74) is -0.354. The third-order valence-corrected chi connectivity index (χ3v) is 2.50. The number of rotatable bonds is 1. The number of ether oxygens (including phenoxy) is 2. The molecule has 0 saturated carbocycles. The summed E-state index contributed by atoms with van der Waals surface area (Å²) in [6, 6.07) is 0. The van der Waals surface area contributed by atoms with E-state index in [1.165, 1.54) is 23.8 Å². The second-order valence-electron chi connectivity index (χ2n) is 4.20. The van der Waals surface area contributed by atoms with Crippen LogP contribution in [0.4, 0.5) is 4.79 Å². The summed E-state index contributed by atoms with van der Waals surface area (Å²) in [5, 5.41) is 1.59. The van der Waals surface area contributed by atoms with Gasteiger partial charge >= 0.3 is 12.1 Å². The molecule has 0 bridgehead atoms. The van der Waals surface area contributed by atoms with Crippen LogP contribution in [0.25, 0.3) is 0 Å². The first-order valence-corrected chi connectivity index (χ1v) is 5.80. The average molecular weight is 245 g/mol. The first-order valence-electron chi connectivity index (χ1n) is 4.76. The molecule has 1 rings (SSSR count). The van der Waals surface area contributed by atoms with Crippen LogP contribution in [0.15, 0.2) is 11.1 Å². The largest absolute Gasteiger partial charge is 0.464 e. The standard InChI is InChI=1S/C10H15NO4S/c1-10(2,3)15-9(13)11-6-16-5-7(11)8(12)14-4/h5H,6H2,1-4H3. The summed E-state index contributed by atoms with van der Waals surface area (Å²) in [6.07, 6.45) is -0.533. The summed E-state index contributed by atoms with van der Waals surface area (Å²) in [6.45, 7) is 5.32. The van der Waals surface area contributed by atoms with Crippen molar-refractivity contribution in [2.75, 3.05) is 13.0 Å². The monoisotopic (exact) mass is 245 g/mol. The van der Waals surface area contributed by atoms with Crippen LogP contribution >= 0.6 is 11.8 Å². The minimum absolute atomic E-state index is 0.224. The average Bonchev–Trinajstić information content (AvgIpc) is 2.62. The Labute approximate surface area is 98.8 Å². The van der Waals surface area contributed by atoms with Crippen molar-refractivity contribution in [1.82, 2.24) is 4.90 Å². The maximum atomic E-state index is 11.7. The SMILES string of the molecule is COC(=O)C1=CSCN1C(=O)OC(C)(C)C. The molecule has 16 heavy (non-hydrogen) atoms. The predicted molar refractivity (Wildman–Crippen MR) is 60.6 cm³/mol. The highest BCUT2D eigenvalue weighted by atomic mass is 32.2. The highest BCUT2D eigenvalue weighted by Crippen LogP contribution is 2.26. The van der Waals surface area contributed by atoms with Gasteiger partial charge in [0.1, 0.15) is 11.3 Å². The van der Waals surface area contributed by atoms with Crippen molar-refractivity contribution in [3.05, 3.63) is 11.1 Å². The number of carbonyl (C=O) groups excluding carboxylic acids is 2. The Morgan fingerprint density at radius 3 is 2.56 bits per heavy atom. The molecule has 0 unspecified atom stereocenters. The molecule has 0 aromatic rings. The molecule has 0 saturated heterocycles. The van der Waals surface area contributed by atoms with Crippen LogP contribution in [0.2, 0.25) is 0 Å². The smallest absolute Gasteiger partial charge is 0.415 e. The lowest BCUT2D eigenvalue weighted by Gasteiger charge is -2.24. The van der Waals surface area contributed by atoms with Gasteiger partial charge in [-0.05, 0) is 20.8 Å². The number of amides is 1. The molecule has 1 amide bonds. The van der Waals surface area contributed by atoms with Crippen molar-refractivity contribution in [1.29, 1.82) is 0 Å². The molecule has 0 spiro atoms. The van der Waals surface area contributed by atoms with E-state index in [1.807, 2.05) is 0 Å². The fourth-order valence-corrected chi connectivity index (χ4v) is 1.90. The van der Waals surface area contributed by atoms with Gasteiger partial charge in [-0.1, -0.05) is 0 Å². The quantitative estimate of drug-likeness (QED) is 0.661. The van der Waals surface area contributed by atoms with Crippen LogP contribution in [0, 0.1) is 0 Å². The zero-order valence-corrected chi connectivity index (χ0v) is 10.6. The van der Waals surface area contributed by atoms with E-state index in [9.17, 15) is 9.59 Å².